The van der Waals surface area contributed by atoms with Crippen LogP contribution in [0.2, 0.25) is 0 Å². The Hall–Kier alpha value is -1.21. The zero-order valence-corrected chi connectivity index (χ0v) is 37.1. The molecule has 308 valence electrons. The maximum atomic E-state index is 12.3. The van der Waals surface area contributed by atoms with Crippen molar-refractivity contribution < 1.29 is 67.6 Å². The van der Waals surface area contributed by atoms with E-state index in [9.17, 15) is 18.0 Å². The van der Waals surface area contributed by atoms with Crippen molar-refractivity contribution in [3.63, 3.8) is 0 Å². The predicted molar refractivity (Wildman–Crippen MR) is 210 cm³/mol. The number of nitrogens with zero attached hydrogens (tertiary/aromatic N) is 2. The van der Waals surface area contributed by atoms with E-state index in [-0.39, 0.29) is 71.1 Å². The smallest absolute Gasteiger partial charge is 0.444 e. The van der Waals surface area contributed by atoms with E-state index in [0.29, 0.717) is 19.0 Å². The fourth-order valence-electron chi connectivity index (χ4n) is 5.13. The second-order valence-corrected chi connectivity index (χ2v) is 17.2. The van der Waals surface area contributed by atoms with Gasteiger partial charge < -0.3 is 33.1 Å². The minimum absolute atomic E-state index is 0. The Labute approximate surface area is 348 Å². The summed E-state index contributed by atoms with van der Waals surface area (Å²) < 4.78 is 40.6. The average Bonchev–Trinajstić information content (AvgIpc) is 3.07. The molecule has 2 fully saturated rings. The number of hydrogen-bond acceptors (Lipinski definition) is 7. The summed E-state index contributed by atoms with van der Waals surface area (Å²) in [4.78, 5) is 27.8. The summed E-state index contributed by atoms with van der Waals surface area (Å²) >= 11 is 0. The van der Waals surface area contributed by atoms with Gasteiger partial charge in [-0.15, -0.1) is 0 Å². The van der Waals surface area contributed by atoms with Crippen LogP contribution in [-0.4, -0.2) is 74.4 Å². The van der Waals surface area contributed by atoms with Gasteiger partial charge in [-0.1, -0.05) is 70.6 Å². The number of piperidine rings is 2. The first-order valence-electron chi connectivity index (χ1n) is 19.3. The van der Waals surface area contributed by atoms with Crippen molar-refractivity contribution in [2.24, 2.45) is 11.8 Å². The van der Waals surface area contributed by atoms with E-state index >= 15 is 0 Å². The Bertz CT molecular complexity index is 1180. The van der Waals surface area contributed by atoms with Crippen LogP contribution in [0.5, 0.6) is 0 Å². The van der Waals surface area contributed by atoms with E-state index in [1.807, 2.05) is 53.4 Å². The topological polar surface area (TPSA) is 102 Å². The predicted octanol–water partition coefficient (Wildman–Crippen LogP) is 7.80. The van der Waals surface area contributed by atoms with Gasteiger partial charge in [-0.05, 0) is 98.6 Å². The maximum absolute atomic E-state index is 12.3. The number of amides is 2. The van der Waals surface area contributed by atoms with E-state index in [0.717, 1.165) is 50.8 Å². The number of aryl methyl sites for hydroxylation is 1. The van der Waals surface area contributed by atoms with Crippen LogP contribution in [0.15, 0.2) is 29.2 Å². The second kappa shape index (κ2) is 30.0. The van der Waals surface area contributed by atoms with Gasteiger partial charge in [0.05, 0.1) is 11.5 Å². The molecule has 0 saturated carbocycles. The number of carbonyl (C=O) groups excluding carboxylic acids is 2. The maximum Gasteiger partial charge on any atom is 1.00 e. The minimum Gasteiger partial charge on any atom is -0.444 e. The van der Waals surface area contributed by atoms with Crippen LogP contribution in [0, 0.1) is 32.6 Å². The molecule has 2 saturated heterocycles. The summed E-state index contributed by atoms with van der Waals surface area (Å²) in [6, 6.07) is 6.55. The first-order chi connectivity index (χ1) is 23.8. The van der Waals surface area contributed by atoms with E-state index < -0.39 is 15.7 Å². The van der Waals surface area contributed by atoms with Crippen molar-refractivity contribution in [1.29, 1.82) is 0 Å². The van der Waals surface area contributed by atoms with Crippen LogP contribution < -0.4 is 18.9 Å². The third kappa shape index (κ3) is 27.9. The summed E-state index contributed by atoms with van der Waals surface area (Å²) in [6.45, 7) is 29.7. The minimum atomic E-state index is -3.78. The van der Waals surface area contributed by atoms with E-state index in [4.69, 9.17) is 13.7 Å². The van der Waals surface area contributed by atoms with Crippen molar-refractivity contribution in [3.05, 3.63) is 43.7 Å². The van der Waals surface area contributed by atoms with Crippen LogP contribution in [0.1, 0.15) is 145 Å². The number of ether oxygens (including phenoxy) is 2. The van der Waals surface area contributed by atoms with Crippen molar-refractivity contribution in [2.45, 2.75) is 162 Å². The Morgan fingerprint density at radius 1 is 0.755 bits per heavy atom. The number of hydrogen-bond donors (Lipinski definition) is 0. The molecule has 3 rings (SSSR count). The van der Waals surface area contributed by atoms with Gasteiger partial charge in [-0.25, -0.2) is 9.59 Å². The summed E-state index contributed by atoms with van der Waals surface area (Å²) in [5.41, 5.74) is 0.0564. The van der Waals surface area contributed by atoms with E-state index in [2.05, 4.69) is 34.6 Å². The van der Waals surface area contributed by atoms with Gasteiger partial charge in [0.25, 0.3) is 10.1 Å². The first kappa shape index (κ1) is 56.1. The number of rotatable bonds is 10. The van der Waals surface area contributed by atoms with Gasteiger partial charge in [0, 0.05) is 32.1 Å². The molecule has 0 bridgehead atoms. The number of carbonyl (C=O) groups is 2. The normalized spacial score (nSPS) is 17.1. The van der Waals surface area contributed by atoms with Crippen molar-refractivity contribution in [1.82, 2.24) is 9.80 Å². The molecule has 2 heterocycles. The fraction of sp³-hybridized carbons (Fsp3) is 0.756. The van der Waals surface area contributed by atoms with Gasteiger partial charge in [-0.2, -0.15) is 21.3 Å². The number of benzene rings is 1. The molecule has 0 N–H and O–H groups in total. The standard InChI is InChI=1S/C18H27NO5S.C15H29NO2.2C4H9.Cu.Li/c1-14-7-9-16(10-8-14)25(21,22)23-13-15-6-5-11-19(12-15)17(20)24-18(2,3)4;1-5-6-7-9-13-10-8-11-16(12-13)14(17)18-15(2,3)4;2*1-3-4-2;;/h7-10,15H,5-6,11-13H2,1-4H3;13H,5-12H2,1-4H3;2*1,3-4H2,2H3;;/q;;2*-1;2*+1/t15-;13-;;;;/m00..../s1. The van der Waals surface area contributed by atoms with E-state index in [1.54, 1.807) is 29.2 Å². The molecule has 0 aliphatic carbocycles. The number of unbranched alkanes of at least 4 members (excludes halogenated alkanes) is 4. The zero-order valence-electron chi connectivity index (χ0n) is 35.4. The molecule has 9 nitrogen and oxygen atoms in total. The summed E-state index contributed by atoms with van der Waals surface area (Å²) in [6.07, 6.45) is 13.2. The van der Waals surface area contributed by atoms with Crippen LogP contribution in [0.25, 0.3) is 0 Å². The van der Waals surface area contributed by atoms with Crippen molar-refractivity contribution >= 4 is 22.3 Å². The van der Waals surface area contributed by atoms with Crippen LogP contribution >= 0.6 is 0 Å². The Morgan fingerprint density at radius 3 is 1.57 bits per heavy atom. The largest absolute Gasteiger partial charge is 1.00 e. The molecule has 0 radical (unpaired) electrons. The van der Waals surface area contributed by atoms with Crippen LogP contribution in [-0.2, 0) is 40.8 Å². The second-order valence-electron chi connectivity index (χ2n) is 15.6. The average molecular weight is 810 g/mol. The molecule has 12 heteroatoms. The zero-order chi connectivity index (χ0) is 39.1. The molecule has 2 amide bonds. The van der Waals surface area contributed by atoms with Gasteiger partial charge in [0.2, 0.25) is 0 Å². The molecule has 0 aromatic heterocycles. The fourth-order valence-corrected chi connectivity index (χ4v) is 6.11. The van der Waals surface area contributed by atoms with Gasteiger partial charge in [0.15, 0.2) is 0 Å². The molecular weight excluding hydrogens is 735 g/mol. The molecular formula is C41H74CuLiN2O7S. The quantitative estimate of drug-likeness (QED) is 0.103. The van der Waals surface area contributed by atoms with E-state index in [1.165, 1.54) is 44.9 Å². The monoisotopic (exact) mass is 808 g/mol. The molecule has 2 aliphatic heterocycles. The molecule has 2 atom stereocenters. The van der Waals surface area contributed by atoms with Crippen LogP contribution in [0.4, 0.5) is 9.59 Å². The summed E-state index contributed by atoms with van der Waals surface area (Å²) in [7, 11) is -3.78. The SMILES string of the molecule is CCCCC[C@H]1CCCN(C(=O)OC(C)(C)C)C1.Cc1ccc(S(=O)(=O)OC[C@H]2CCCN(C(=O)OC(C)(C)C)C2)cc1.[CH2-]CCC.[CH2-]CCC.[Cu+].[Li+]. The van der Waals surface area contributed by atoms with Gasteiger partial charge in [0.1, 0.15) is 11.2 Å². The molecule has 1 aromatic rings. The molecule has 53 heavy (non-hydrogen) atoms. The van der Waals surface area contributed by atoms with Crippen LogP contribution in [0.3, 0.4) is 0 Å². The molecule has 2 aliphatic rings. The Morgan fingerprint density at radius 2 is 1.17 bits per heavy atom. The molecule has 0 spiro atoms. The Balaban J connectivity index is -0.000000783. The third-order valence-corrected chi connectivity index (χ3v) is 9.33. The first-order valence-corrected chi connectivity index (χ1v) is 20.7. The van der Waals surface area contributed by atoms with Gasteiger partial charge >= 0.3 is 48.1 Å². The summed E-state index contributed by atoms with van der Waals surface area (Å²) in [5.74, 6) is 0.652. The molecule has 1 aromatic carbocycles. The third-order valence-electron chi connectivity index (χ3n) is 8.03. The Kier molecular flexibility index (Phi) is 31.8. The van der Waals surface area contributed by atoms with Gasteiger partial charge in [-0.3, -0.25) is 4.18 Å². The molecule has 0 unspecified atom stereocenters. The van der Waals surface area contributed by atoms with Crippen molar-refractivity contribution in [2.75, 3.05) is 32.8 Å². The number of likely N-dealkylation sites (tertiary alicyclic amines) is 2. The van der Waals surface area contributed by atoms with Crippen molar-refractivity contribution in [3.8, 4) is 0 Å². The summed E-state index contributed by atoms with van der Waals surface area (Å²) in [5, 5.41) is 0.